The highest BCUT2D eigenvalue weighted by atomic mass is 32.1. The number of hydrogen-bond acceptors (Lipinski definition) is 6. The predicted molar refractivity (Wildman–Crippen MR) is 72.0 cm³/mol. The third kappa shape index (κ3) is 3.68. The predicted octanol–water partition coefficient (Wildman–Crippen LogP) is 1.22. The standard InChI is InChI=1S/C12H19N3O2S/c1-17-11(16)3-2-5-14-6-8-15(9-7-14)12-13-4-10-18-12/h4,10H,2-3,5-9H2,1H3. The highest BCUT2D eigenvalue weighted by Crippen LogP contribution is 2.18. The van der Waals surface area contributed by atoms with Gasteiger partial charge in [-0.2, -0.15) is 0 Å². The third-order valence-corrected chi connectivity index (χ3v) is 3.98. The Labute approximate surface area is 111 Å². The van der Waals surface area contributed by atoms with Gasteiger partial charge in [-0.25, -0.2) is 4.98 Å². The van der Waals surface area contributed by atoms with Gasteiger partial charge in [-0.15, -0.1) is 11.3 Å². The van der Waals surface area contributed by atoms with Crippen molar-refractivity contribution in [2.75, 3.05) is 44.7 Å². The van der Waals surface area contributed by atoms with Crippen molar-refractivity contribution in [3.05, 3.63) is 11.6 Å². The van der Waals surface area contributed by atoms with E-state index in [2.05, 4.69) is 19.5 Å². The van der Waals surface area contributed by atoms with Gasteiger partial charge in [0.15, 0.2) is 5.13 Å². The number of aromatic nitrogens is 1. The fourth-order valence-electron chi connectivity index (χ4n) is 2.08. The summed E-state index contributed by atoms with van der Waals surface area (Å²) in [5.41, 5.74) is 0. The van der Waals surface area contributed by atoms with Gasteiger partial charge < -0.3 is 9.64 Å². The van der Waals surface area contributed by atoms with E-state index in [1.807, 2.05) is 11.6 Å². The van der Waals surface area contributed by atoms with Gasteiger partial charge in [-0.05, 0) is 13.0 Å². The second-order valence-corrected chi connectivity index (χ2v) is 5.20. The molecule has 1 aliphatic heterocycles. The largest absolute Gasteiger partial charge is 0.469 e. The van der Waals surface area contributed by atoms with Gasteiger partial charge in [0, 0.05) is 44.2 Å². The van der Waals surface area contributed by atoms with E-state index in [0.717, 1.165) is 44.3 Å². The smallest absolute Gasteiger partial charge is 0.305 e. The number of nitrogens with zero attached hydrogens (tertiary/aromatic N) is 3. The highest BCUT2D eigenvalue weighted by Gasteiger charge is 2.18. The molecule has 6 heteroatoms. The van der Waals surface area contributed by atoms with Crippen LogP contribution in [0.1, 0.15) is 12.8 Å². The van der Waals surface area contributed by atoms with Crippen LogP contribution in [-0.2, 0) is 9.53 Å². The fraction of sp³-hybridized carbons (Fsp3) is 0.667. The van der Waals surface area contributed by atoms with Crippen molar-refractivity contribution in [3.63, 3.8) is 0 Å². The van der Waals surface area contributed by atoms with Crippen molar-refractivity contribution >= 4 is 22.4 Å². The number of anilines is 1. The van der Waals surface area contributed by atoms with Gasteiger partial charge in [0.25, 0.3) is 0 Å². The van der Waals surface area contributed by atoms with Crippen molar-refractivity contribution in [2.45, 2.75) is 12.8 Å². The molecule has 0 N–H and O–H groups in total. The number of rotatable bonds is 5. The molecule has 2 heterocycles. The van der Waals surface area contributed by atoms with E-state index in [1.54, 1.807) is 11.3 Å². The number of methoxy groups -OCH3 is 1. The molecular formula is C12H19N3O2S. The fourth-order valence-corrected chi connectivity index (χ4v) is 2.78. The summed E-state index contributed by atoms with van der Waals surface area (Å²) in [5.74, 6) is -0.114. The molecule has 5 nitrogen and oxygen atoms in total. The van der Waals surface area contributed by atoms with E-state index in [1.165, 1.54) is 7.11 Å². The Morgan fingerprint density at radius 1 is 1.44 bits per heavy atom. The van der Waals surface area contributed by atoms with Crippen molar-refractivity contribution < 1.29 is 9.53 Å². The molecule has 0 bridgehead atoms. The number of piperazine rings is 1. The summed E-state index contributed by atoms with van der Waals surface area (Å²) < 4.78 is 4.63. The molecule has 100 valence electrons. The van der Waals surface area contributed by atoms with E-state index in [-0.39, 0.29) is 5.97 Å². The van der Waals surface area contributed by atoms with Crippen LogP contribution < -0.4 is 4.90 Å². The van der Waals surface area contributed by atoms with Gasteiger partial charge in [-0.3, -0.25) is 9.69 Å². The molecule has 0 saturated carbocycles. The Hall–Kier alpha value is -1.14. The molecule has 2 rings (SSSR count). The number of hydrogen-bond donors (Lipinski definition) is 0. The lowest BCUT2D eigenvalue weighted by molar-refractivity contribution is -0.140. The highest BCUT2D eigenvalue weighted by molar-refractivity contribution is 7.13. The molecule has 0 aliphatic carbocycles. The van der Waals surface area contributed by atoms with E-state index < -0.39 is 0 Å². The van der Waals surface area contributed by atoms with Crippen LogP contribution in [0.2, 0.25) is 0 Å². The lowest BCUT2D eigenvalue weighted by Crippen LogP contribution is -2.46. The molecule has 1 aromatic rings. The topological polar surface area (TPSA) is 45.7 Å². The Bertz CT molecular complexity index is 361. The quantitative estimate of drug-likeness (QED) is 0.752. The number of ether oxygens (including phenoxy) is 1. The summed E-state index contributed by atoms with van der Waals surface area (Å²) in [6, 6.07) is 0. The minimum absolute atomic E-state index is 0.114. The molecule has 0 unspecified atom stereocenters. The Morgan fingerprint density at radius 3 is 2.83 bits per heavy atom. The summed E-state index contributed by atoms with van der Waals surface area (Å²) in [6.07, 6.45) is 3.25. The number of carbonyl (C=O) groups is 1. The Kier molecular flexibility index (Phi) is 4.95. The van der Waals surface area contributed by atoms with Crippen molar-refractivity contribution in [1.29, 1.82) is 0 Å². The molecule has 0 spiro atoms. The maximum absolute atomic E-state index is 11.0. The first-order chi connectivity index (χ1) is 8.79. The summed E-state index contributed by atoms with van der Waals surface area (Å²) >= 11 is 1.69. The van der Waals surface area contributed by atoms with Gasteiger partial charge in [0.2, 0.25) is 0 Å². The van der Waals surface area contributed by atoms with Crippen LogP contribution in [0.15, 0.2) is 11.6 Å². The lowest BCUT2D eigenvalue weighted by atomic mass is 10.2. The molecule has 0 radical (unpaired) electrons. The summed E-state index contributed by atoms with van der Waals surface area (Å²) in [5, 5.41) is 3.13. The Morgan fingerprint density at radius 2 is 2.22 bits per heavy atom. The summed E-state index contributed by atoms with van der Waals surface area (Å²) in [6.45, 7) is 5.10. The average Bonchev–Trinajstić information content (AvgIpc) is 2.93. The van der Waals surface area contributed by atoms with Gasteiger partial charge in [0.1, 0.15) is 0 Å². The van der Waals surface area contributed by atoms with Crippen LogP contribution in [0.3, 0.4) is 0 Å². The normalized spacial score (nSPS) is 16.8. The number of thiazole rings is 1. The van der Waals surface area contributed by atoms with E-state index >= 15 is 0 Å². The summed E-state index contributed by atoms with van der Waals surface area (Å²) in [4.78, 5) is 20.0. The molecule has 1 aromatic heterocycles. The Balaban J connectivity index is 1.66. The summed E-state index contributed by atoms with van der Waals surface area (Å²) in [7, 11) is 1.44. The minimum Gasteiger partial charge on any atom is -0.469 e. The zero-order valence-electron chi connectivity index (χ0n) is 10.7. The SMILES string of the molecule is COC(=O)CCCN1CCN(c2nccs2)CC1. The zero-order valence-corrected chi connectivity index (χ0v) is 11.5. The molecule has 1 saturated heterocycles. The molecule has 0 atom stereocenters. The maximum Gasteiger partial charge on any atom is 0.305 e. The molecule has 0 amide bonds. The molecule has 1 fully saturated rings. The monoisotopic (exact) mass is 269 g/mol. The van der Waals surface area contributed by atoms with Crippen LogP contribution in [-0.4, -0.2) is 55.7 Å². The first kappa shape index (κ1) is 13.3. The van der Waals surface area contributed by atoms with Crippen LogP contribution >= 0.6 is 11.3 Å². The van der Waals surface area contributed by atoms with E-state index in [0.29, 0.717) is 6.42 Å². The van der Waals surface area contributed by atoms with Crippen LogP contribution in [0, 0.1) is 0 Å². The second-order valence-electron chi connectivity index (χ2n) is 4.32. The molecule has 18 heavy (non-hydrogen) atoms. The van der Waals surface area contributed by atoms with Crippen molar-refractivity contribution in [3.8, 4) is 0 Å². The molecular weight excluding hydrogens is 250 g/mol. The molecule has 0 aromatic carbocycles. The van der Waals surface area contributed by atoms with Gasteiger partial charge in [0.05, 0.1) is 7.11 Å². The number of esters is 1. The second kappa shape index (κ2) is 6.70. The maximum atomic E-state index is 11.0. The van der Waals surface area contributed by atoms with Gasteiger partial charge in [-0.1, -0.05) is 0 Å². The minimum atomic E-state index is -0.114. The third-order valence-electron chi connectivity index (χ3n) is 3.15. The molecule has 1 aliphatic rings. The lowest BCUT2D eigenvalue weighted by Gasteiger charge is -2.34. The van der Waals surface area contributed by atoms with Crippen LogP contribution in [0.5, 0.6) is 0 Å². The van der Waals surface area contributed by atoms with Crippen LogP contribution in [0.25, 0.3) is 0 Å². The van der Waals surface area contributed by atoms with Crippen molar-refractivity contribution in [2.24, 2.45) is 0 Å². The number of carbonyl (C=O) groups excluding carboxylic acids is 1. The van der Waals surface area contributed by atoms with Crippen molar-refractivity contribution in [1.82, 2.24) is 9.88 Å². The average molecular weight is 269 g/mol. The van der Waals surface area contributed by atoms with E-state index in [4.69, 9.17) is 0 Å². The van der Waals surface area contributed by atoms with Gasteiger partial charge >= 0.3 is 5.97 Å². The first-order valence-corrected chi connectivity index (χ1v) is 7.11. The van der Waals surface area contributed by atoms with Crippen LogP contribution in [0.4, 0.5) is 5.13 Å². The first-order valence-electron chi connectivity index (χ1n) is 6.23. The zero-order chi connectivity index (χ0) is 12.8. The van der Waals surface area contributed by atoms with E-state index in [9.17, 15) is 4.79 Å².